The second kappa shape index (κ2) is 2.84. The maximum absolute atomic E-state index is 4.28. The Morgan fingerprint density at radius 2 is 2.00 bits per heavy atom. The Kier molecular flexibility index (Phi) is 2.21. The van der Waals surface area contributed by atoms with Gasteiger partial charge in [0.1, 0.15) is 0 Å². The maximum Gasteiger partial charge on any atom is 0.0990 e. The van der Waals surface area contributed by atoms with Gasteiger partial charge in [-0.3, -0.25) is 4.99 Å². The molecule has 0 spiro atoms. The minimum atomic E-state index is 0.255. The van der Waals surface area contributed by atoms with Crippen LogP contribution in [0.3, 0.4) is 0 Å². The topological polar surface area (TPSA) is 15.6 Å². The highest BCUT2D eigenvalue weighted by Crippen LogP contribution is 2.21. The molecule has 0 aromatic carbocycles. The molecule has 1 aliphatic heterocycles. The minimum Gasteiger partial charge on any atom is -0.356 e. The van der Waals surface area contributed by atoms with Crippen molar-refractivity contribution in [2.24, 2.45) is 4.99 Å². The molecule has 1 heterocycles. The van der Waals surface area contributed by atoms with Gasteiger partial charge in [-0.2, -0.15) is 0 Å². The molecule has 0 atom stereocenters. The Morgan fingerprint density at radius 1 is 1.36 bits per heavy atom. The second-order valence-corrected chi connectivity index (χ2v) is 4.07. The summed E-state index contributed by atoms with van der Waals surface area (Å²) in [5.74, 6) is 1.28. The highest BCUT2D eigenvalue weighted by atomic mass is 15.2. The van der Waals surface area contributed by atoms with Crippen LogP contribution in [0.5, 0.6) is 0 Å². The molecule has 0 N–H and O–H groups in total. The van der Waals surface area contributed by atoms with Gasteiger partial charge < -0.3 is 4.90 Å². The molecule has 0 unspecified atom stereocenters. The molecule has 0 bridgehead atoms. The van der Waals surface area contributed by atoms with Crippen LogP contribution < -0.4 is 0 Å². The van der Waals surface area contributed by atoms with Gasteiger partial charge >= 0.3 is 0 Å². The van der Waals surface area contributed by atoms with Crippen molar-refractivity contribution in [1.29, 1.82) is 0 Å². The van der Waals surface area contributed by atoms with Gasteiger partial charge in [0, 0.05) is 25.6 Å². The zero-order valence-corrected chi connectivity index (χ0v) is 8.02. The fourth-order valence-corrected chi connectivity index (χ4v) is 1.61. The Morgan fingerprint density at radius 3 is 2.36 bits per heavy atom. The standard InChI is InChI=1S/C9H18N2/c1-9(2,3)11-7-5-6-8(11)10-4/h5-7H2,1-4H3/b10-8+. The third-order valence-corrected chi connectivity index (χ3v) is 2.16. The number of hydrogen-bond acceptors (Lipinski definition) is 1. The molecule has 2 nitrogen and oxygen atoms in total. The van der Waals surface area contributed by atoms with E-state index in [0.29, 0.717) is 0 Å². The highest BCUT2D eigenvalue weighted by Gasteiger charge is 2.27. The van der Waals surface area contributed by atoms with E-state index in [4.69, 9.17) is 0 Å². The van der Waals surface area contributed by atoms with Gasteiger partial charge in [-0.1, -0.05) is 0 Å². The normalized spacial score (nSPS) is 23.3. The van der Waals surface area contributed by atoms with E-state index >= 15 is 0 Å². The number of hydrogen-bond donors (Lipinski definition) is 0. The Labute approximate surface area is 69.3 Å². The maximum atomic E-state index is 4.28. The Balaban J connectivity index is 2.72. The average molecular weight is 154 g/mol. The van der Waals surface area contributed by atoms with Gasteiger partial charge in [-0.05, 0) is 27.2 Å². The van der Waals surface area contributed by atoms with Gasteiger partial charge in [-0.15, -0.1) is 0 Å². The molecule has 1 rings (SSSR count). The van der Waals surface area contributed by atoms with Crippen molar-refractivity contribution in [3.05, 3.63) is 0 Å². The van der Waals surface area contributed by atoms with Gasteiger partial charge in [0.2, 0.25) is 0 Å². The number of rotatable bonds is 0. The number of aliphatic imine (C=N–C) groups is 1. The lowest BCUT2D eigenvalue weighted by atomic mass is 10.1. The zero-order chi connectivity index (χ0) is 8.48. The molecular weight excluding hydrogens is 136 g/mol. The van der Waals surface area contributed by atoms with Crippen LogP contribution in [-0.4, -0.2) is 29.9 Å². The number of amidine groups is 1. The molecule has 0 aromatic heterocycles. The molecule has 64 valence electrons. The van der Waals surface area contributed by atoms with Crippen LogP contribution in [-0.2, 0) is 0 Å². The van der Waals surface area contributed by atoms with E-state index in [-0.39, 0.29) is 5.54 Å². The summed E-state index contributed by atoms with van der Waals surface area (Å²) in [5, 5.41) is 0. The predicted octanol–water partition coefficient (Wildman–Crippen LogP) is 1.91. The summed E-state index contributed by atoms with van der Waals surface area (Å²) in [6.45, 7) is 7.90. The van der Waals surface area contributed by atoms with Crippen LogP contribution in [0.15, 0.2) is 4.99 Å². The molecule has 0 amide bonds. The van der Waals surface area contributed by atoms with Crippen LogP contribution in [0.4, 0.5) is 0 Å². The third kappa shape index (κ3) is 1.73. The largest absolute Gasteiger partial charge is 0.356 e. The first-order valence-electron chi connectivity index (χ1n) is 4.29. The van der Waals surface area contributed by atoms with Gasteiger partial charge in [0.15, 0.2) is 0 Å². The molecule has 1 aliphatic rings. The van der Waals surface area contributed by atoms with E-state index in [9.17, 15) is 0 Å². The van der Waals surface area contributed by atoms with E-state index in [1.54, 1.807) is 0 Å². The molecular formula is C9H18N2. The molecule has 0 aromatic rings. The predicted molar refractivity (Wildman–Crippen MR) is 49.1 cm³/mol. The summed E-state index contributed by atoms with van der Waals surface area (Å²) in [7, 11) is 1.89. The molecule has 11 heavy (non-hydrogen) atoms. The Hall–Kier alpha value is -0.530. The van der Waals surface area contributed by atoms with Crippen LogP contribution in [0, 0.1) is 0 Å². The Bertz CT molecular complexity index is 165. The molecule has 2 heteroatoms. The molecule has 0 saturated carbocycles. The summed E-state index contributed by atoms with van der Waals surface area (Å²) in [6.07, 6.45) is 2.43. The third-order valence-electron chi connectivity index (χ3n) is 2.16. The molecule has 1 saturated heterocycles. The SMILES string of the molecule is C/N=C1\CCCN1C(C)(C)C. The minimum absolute atomic E-state index is 0.255. The fourth-order valence-electron chi connectivity index (χ4n) is 1.61. The molecule has 0 radical (unpaired) electrons. The number of nitrogens with zero attached hydrogens (tertiary/aromatic N) is 2. The highest BCUT2D eigenvalue weighted by molar-refractivity contribution is 5.84. The van der Waals surface area contributed by atoms with Crippen molar-refractivity contribution in [2.45, 2.75) is 39.2 Å². The van der Waals surface area contributed by atoms with Gasteiger partial charge in [0.05, 0.1) is 5.84 Å². The van der Waals surface area contributed by atoms with Gasteiger partial charge in [-0.25, -0.2) is 0 Å². The van der Waals surface area contributed by atoms with E-state index in [1.165, 1.54) is 18.8 Å². The van der Waals surface area contributed by atoms with Crippen molar-refractivity contribution in [3.63, 3.8) is 0 Å². The molecule has 1 fully saturated rings. The van der Waals surface area contributed by atoms with Crippen LogP contribution >= 0.6 is 0 Å². The van der Waals surface area contributed by atoms with Crippen molar-refractivity contribution < 1.29 is 0 Å². The van der Waals surface area contributed by atoms with Crippen molar-refractivity contribution in [2.75, 3.05) is 13.6 Å². The quantitative estimate of drug-likeness (QED) is 0.520. The summed E-state index contributed by atoms with van der Waals surface area (Å²) in [6, 6.07) is 0. The lowest BCUT2D eigenvalue weighted by Gasteiger charge is -2.33. The van der Waals surface area contributed by atoms with E-state index in [2.05, 4.69) is 30.7 Å². The summed E-state index contributed by atoms with van der Waals surface area (Å²) < 4.78 is 0. The average Bonchev–Trinajstić information content (AvgIpc) is 2.31. The van der Waals surface area contributed by atoms with E-state index < -0.39 is 0 Å². The summed E-state index contributed by atoms with van der Waals surface area (Å²) in [5.41, 5.74) is 0.255. The van der Waals surface area contributed by atoms with E-state index in [1.807, 2.05) is 7.05 Å². The number of likely N-dealkylation sites (tertiary alicyclic amines) is 1. The van der Waals surface area contributed by atoms with Crippen molar-refractivity contribution >= 4 is 5.84 Å². The van der Waals surface area contributed by atoms with Crippen molar-refractivity contribution in [1.82, 2.24) is 4.90 Å². The molecule has 0 aliphatic carbocycles. The lowest BCUT2D eigenvalue weighted by molar-refractivity contribution is 0.255. The van der Waals surface area contributed by atoms with Gasteiger partial charge in [0.25, 0.3) is 0 Å². The monoisotopic (exact) mass is 154 g/mol. The van der Waals surface area contributed by atoms with Crippen LogP contribution in [0.25, 0.3) is 0 Å². The van der Waals surface area contributed by atoms with E-state index in [0.717, 1.165) is 6.42 Å². The first kappa shape index (κ1) is 8.57. The van der Waals surface area contributed by atoms with Crippen LogP contribution in [0.1, 0.15) is 33.6 Å². The lowest BCUT2D eigenvalue weighted by Crippen LogP contribution is -2.41. The first-order chi connectivity index (χ1) is 5.05. The van der Waals surface area contributed by atoms with Crippen LogP contribution in [0.2, 0.25) is 0 Å². The van der Waals surface area contributed by atoms with Crippen molar-refractivity contribution in [3.8, 4) is 0 Å². The summed E-state index contributed by atoms with van der Waals surface area (Å²) in [4.78, 5) is 6.67. The first-order valence-corrected chi connectivity index (χ1v) is 4.29. The zero-order valence-electron chi connectivity index (χ0n) is 8.02. The summed E-state index contributed by atoms with van der Waals surface area (Å²) >= 11 is 0. The smallest absolute Gasteiger partial charge is 0.0990 e. The second-order valence-electron chi connectivity index (χ2n) is 4.07. The fraction of sp³-hybridized carbons (Fsp3) is 0.889.